The van der Waals surface area contributed by atoms with Gasteiger partial charge in [0.15, 0.2) is 0 Å². The van der Waals surface area contributed by atoms with Gasteiger partial charge in [0.2, 0.25) is 0 Å². The van der Waals surface area contributed by atoms with E-state index in [4.69, 9.17) is 4.74 Å². The minimum absolute atomic E-state index is 0.343. The maximum Gasteiger partial charge on any atom is 0.0716 e. The molecule has 0 bridgehead atoms. The van der Waals surface area contributed by atoms with Gasteiger partial charge in [-0.3, -0.25) is 4.90 Å². The number of hydrogen-bond donors (Lipinski definition) is 0. The van der Waals surface area contributed by atoms with E-state index in [0.29, 0.717) is 17.1 Å². The summed E-state index contributed by atoms with van der Waals surface area (Å²) in [6.07, 6.45) is 4.03. The topological polar surface area (TPSA) is 12.5 Å². The van der Waals surface area contributed by atoms with Gasteiger partial charge in [0.1, 0.15) is 0 Å². The van der Waals surface area contributed by atoms with E-state index in [9.17, 15) is 0 Å². The molecule has 16 heavy (non-hydrogen) atoms. The van der Waals surface area contributed by atoms with E-state index in [1.165, 1.54) is 24.8 Å². The lowest BCUT2D eigenvalue weighted by molar-refractivity contribution is 0.107. The third-order valence-electron chi connectivity index (χ3n) is 3.89. The summed E-state index contributed by atoms with van der Waals surface area (Å²) in [5, 5.41) is 0. The maximum absolute atomic E-state index is 5.55. The van der Waals surface area contributed by atoms with Gasteiger partial charge in [0.05, 0.1) is 6.10 Å². The Hall–Kier alpha value is -0.340. The lowest BCUT2D eigenvalue weighted by Gasteiger charge is -2.37. The quantitative estimate of drug-likeness (QED) is 0.667. The third-order valence-corrected chi connectivity index (χ3v) is 3.89. The maximum atomic E-state index is 5.55. The van der Waals surface area contributed by atoms with Crippen molar-refractivity contribution in [2.24, 2.45) is 5.41 Å². The van der Waals surface area contributed by atoms with Crippen molar-refractivity contribution >= 4 is 0 Å². The SMILES string of the molecule is C=C1CN2C[C@H](OC)C[C@@]2(CC(C)(C)C)C1. The Balaban J connectivity index is 2.17. The van der Waals surface area contributed by atoms with Crippen molar-refractivity contribution in [2.75, 3.05) is 20.2 Å². The lowest BCUT2D eigenvalue weighted by atomic mass is 9.77. The van der Waals surface area contributed by atoms with Crippen molar-refractivity contribution in [3.63, 3.8) is 0 Å². The standard InChI is InChI=1S/C14H25NO/c1-11-6-14(10-13(2,3)4)7-12(16-5)9-15(14)8-11/h12H,1,6-10H2,2-5H3/t12-,14-/m1/s1. The van der Waals surface area contributed by atoms with Crippen molar-refractivity contribution < 1.29 is 4.74 Å². The molecule has 2 saturated heterocycles. The zero-order valence-corrected chi connectivity index (χ0v) is 11.2. The van der Waals surface area contributed by atoms with Crippen LogP contribution in [0.25, 0.3) is 0 Å². The van der Waals surface area contributed by atoms with Crippen LogP contribution in [0, 0.1) is 5.41 Å². The largest absolute Gasteiger partial charge is 0.380 e. The van der Waals surface area contributed by atoms with Crippen LogP contribution in [-0.2, 0) is 4.74 Å². The van der Waals surface area contributed by atoms with E-state index in [1.54, 1.807) is 0 Å². The van der Waals surface area contributed by atoms with Gasteiger partial charge in [-0.15, -0.1) is 0 Å². The number of hydrogen-bond acceptors (Lipinski definition) is 2. The normalized spacial score (nSPS) is 35.8. The number of rotatable bonds is 2. The lowest BCUT2D eigenvalue weighted by Crippen LogP contribution is -2.41. The van der Waals surface area contributed by atoms with Gasteiger partial charge in [-0.25, -0.2) is 0 Å². The molecule has 0 saturated carbocycles. The molecule has 2 nitrogen and oxygen atoms in total. The molecule has 0 spiro atoms. The van der Waals surface area contributed by atoms with Crippen molar-refractivity contribution in [3.05, 3.63) is 12.2 Å². The van der Waals surface area contributed by atoms with Crippen LogP contribution < -0.4 is 0 Å². The summed E-state index contributed by atoms with van der Waals surface area (Å²) >= 11 is 0. The van der Waals surface area contributed by atoms with Crippen LogP contribution in [0.1, 0.15) is 40.0 Å². The second-order valence-corrected chi connectivity index (χ2v) is 6.83. The van der Waals surface area contributed by atoms with E-state index in [-0.39, 0.29) is 0 Å². The monoisotopic (exact) mass is 223 g/mol. The summed E-state index contributed by atoms with van der Waals surface area (Å²) in [5.41, 5.74) is 2.13. The number of fused-ring (bicyclic) bond motifs is 1. The highest BCUT2D eigenvalue weighted by molar-refractivity contribution is 5.19. The average molecular weight is 223 g/mol. The van der Waals surface area contributed by atoms with E-state index >= 15 is 0 Å². The van der Waals surface area contributed by atoms with Crippen LogP contribution in [-0.4, -0.2) is 36.7 Å². The fourth-order valence-electron chi connectivity index (χ4n) is 3.66. The Morgan fingerprint density at radius 3 is 2.75 bits per heavy atom. The minimum atomic E-state index is 0.343. The predicted molar refractivity (Wildman–Crippen MR) is 67.5 cm³/mol. The van der Waals surface area contributed by atoms with Crippen LogP contribution >= 0.6 is 0 Å². The molecule has 2 heterocycles. The average Bonchev–Trinajstić information content (AvgIpc) is 2.52. The van der Waals surface area contributed by atoms with Crippen molar-refractivity contribution in [2.45, 2.75) is 51.7 Å². The Morgan fingerprint density at radius 2 is 2.19 bits per heavy atom. The first-order valence-electron chi connectivity index (χ1n) is 6.29. The van der Waals surface area contributed by atoms with Crippen molar-refractivity contribution in [1.29, 1.82) is 0 Å². The molecule has 0 aliphatic carbocycles. The minimum Gasteiger partial charge on any atom is -0.380 e. The molecule has 0 aromatic carbocycles. The fourth-order valence-corrected chi connectivity index (χ4v) is 3.66. The molecule has 92 valence electrons. The first-order valence-corrected chi connectivity index (χ1v) is 6.29. The molecule has 2 rings (SSSR count). The molecular formula is C14H25NO. The van der Waals surface area contributed by atoms with Gasteiger partial charge < -0.3 is 4.74 Å². The summed E-state index contributed by atoms with van der Waals surface area (Å²) in [4.78, 5) is 2.61. The molecular weight excluding hydrogens is 198 g/mol. The van der Waals surface area contributed by atoms with Gasteiger partial charge in [-0.2, -0.15) is 0 Å². The van der Waals surface area contributed by atoms with Crippen molar-refractivity contribution in [1.82, 2.24) is 4.90 Å². The highest BCUT2D eigenvalue weighted by Gasteiger charge is 2.50. The van der Waals surface area contributed by atoms with Gasteiger partial charge in [0.25, 0.3) is 0 Å². The van der Waals surface area contributed by atoms with Crippen LogP contribution in [0.2, 0.25) is 0 Å². The summed E-state index contributed by atoms with van der Waals surface area (Å²) in [5.74, 6) is 0. The zero-order chi connectivity index (χ0) is 12.0. The zero-order valence-electron chi connectivity index (χ0n) is 11.2. The molecule has 0 N–H and O–H groups in total. The highest BCUT2D eigenvalue weighted by Crippen LogP contribution is 2.47. The van der Waals surface area contributed by atoms with Crippen LogP contribution in [0.4, 0.5) is 0 Å². The fraction of sp³-hybridized carbons (Fsp3) is 0.857. The molecule has 0 radical (unpaired) electrons. The first kappa shape index (κ1) is 12.1. The Morgan fingerprint density at radius 1 is 1.50 bits per heavy atom. The molecule has 0 amide bonds. The second-order valence-electron chi connectivity index (χ2n) is 6.83. The van der Waals surface area contributed by atoms with E-state index < -0.39 is 0 Å². The summed E-state index contributed by atoms with van der Waals surface area (Å²) in [6.45, 7) is 13.4. The molecule has 0 aromatic rings. The third kappa shape index (κ3) is 2.18. The smallest absolute Gasteiger partial charge is 0.0716 e. The Kier molecular flexibility index (Phi) is 2.92. The molecule has 0 aromatic heterocycles. The highest BCUT2D eigenvalue weighted by atomic mass is 16.5. The van der Waals surface area contributed by atoms with Crippen molar-refractivity contribution in [3.8, 4) is 0 Å². The molecule has 2 aliphatic rings. The van der Waals surface area contributed by atoms with E-state index in [1.807, 2.05) is 7.11 Å². The number of ether oxygens (including phenoxy) is 1. The summed E-state index contributed by atoms with van der Waals surface area (Å²) in [7, 11) is 1.84. The Labute approximate surface area is 99.7 Å². The molecule has 2 atom stereocenters. The van der Waals surface area contributed by atoms with Crippen LogP contribution in [0.3, 0.4) is 0 Å². The van der Waals surface area contributed by atoms with Gasteiger partial charge in [-0.1, -0.05) is 32.9 Å². The van der Waals surface area contributed by atoms with E-state index in [2.05, 4.69) is 32.3 Å². The molecule has 0 unspecified atom stereocenters. The first-order chi connectivity index (χ1) is 7.35. The number of methoxy groups -OCH3 is 1. The second kappa shape index (κ2) is 3.85. The van der Waals surface area contributed by atoms with Crippen LogP contribution in [0.5, 0.6) is 0 Å². The van der Waals surface area contributed by atoms with Gasteiger partial charge >= 0.3 is 0 Å². The Bertz CT molecular complexity index is 292. The predicted octanol–water partition coefficient (Wildman–Crippen LogP) is 2.84. The number of nitrogens with zero attached hydrogens (tertiary/aromatic N) is 1. The molecule has 2 aliphatic heterocycles. The van der Waals surface area contributed by atoms with Crippen LogP contribution in [0.15, 0.2) is 12.2 Å². The molecule has 2 heteroatoms. The molecule has 2 fully saturated rings. The van der Waals surface area contributed by atoms with Gasteiger partial charge in [0, 0.05) is 25.7 Å². The van der Waals surface area contributed by atoms with Gasteiger partial charge in [-0.05, 0) is 24.7 Å². The summed E-state index contributed by atoms with van der Waals surface area (Å²) < 4.78 is 5.55. The van der Waals surface area contributed by atoms with E-state index in [0.717, 1.165) is 13.1 Å². The summed E-state index contributed by atoms with van der Waals surface area (Å²) in [6, 6.07) is 0.